The Labute approximate surface area is 132 Å². The molecule has 0 fully saturated rings. The summed E-state index contributed by atoms with van der Waals surface area (Å²) in [4.78, 5) is 4.15. The Bertz CT molecular complexity index is 731. The highest BCUT2D eigenvalue weighted by Gasteiger charge is 2.15. The van der Waals surface area contributed by atoms with Gasteiger partial charge in [0, 0.05) is 18.3 Å². The average molecular weight is 348 g/mol. The van der Waals surface area contributed by atoms with Crippen molar-refractivity contribution in [1.29, 1.82) is 0 Å². The molecular weight excluding hydrogens is 334 g/mol. The molecule has 21 heavy (non-hydrogen) atoms. The van der Waals surface area contributed by atoms with E-state index in [1.54, 1.807) is 5.38 Å². The van der Waals surface area contributed by atoms with Crippen LogP contribution in [-0.4, -0.2) is 27.1 Å². The van der Waals surface area contributed by atoms with Crippen LogP contribution in [0.4, 0.5) is 5.13 Å². The lowest BCUT2D eigenvalue weighted by molar-refractivity contribution is 0.414. The first-order valence-electron chi connectivity index (χ1n) is 5.95. The SMILES string of the molecule is COc1ccc(S(=O)(=O)NCCc2csc(N)n2)cc1Cl. The summed E-state index contributed by atoms with van der Waals surface area (Å²) in [5.74, 6) is 0.425. The molecule has 0 aliphatic rings. The smallest absolute Gasteiger partial charge is 0.240 e. The molecule has 0 atom stereocenters. The number of halogens is 1. The molecule has 1 aromatic carbocycles. The summed E-state index contributed by atoms with van der Waals surface area (Å²) in [5, 5.41) is 2.51. The molecule has 0 saturated carbocycles. The number of nitrogens with two attached hydrogens (primary N) is 1. The molecule has 0 aliphatic heterocycles. The van der Waals surface area contributed by atoms with Gasteiger partial charge in [-0.25, -0.2) is 18.1 Å². The van der Waals surface area contributed by atoms with E-state index in [0.29, 0.717) is 17.3 Å². The Balaban J connectivity index is 2.02. The molecular formula is C12H14ClN3O3S2. The van der Waals surface area contributed by atoms with E-state index in [0.717, 1.165) is 5.69 Å². The Hall–Kier alpha value is -1.35. The van der Waals surface area contributed by atoms with Crippen LogP contribution in [0.15, 0.2) is 28.5 Å². The number of nitrogens with zero attached hydrogens (tertiary/aromatic N) is 1. The molecule has 114 valence electrons. The first-order valence-corrected chi connectivity index (χ1v) is 8.69. The second kappa shape index (κ2) is 6.61. The van der Waals surface area contributed by atoms with Crippen molar-refractivity contribution < 1.29 is 13.2 Å². The van der Waals surface area contributed by atoms with Crippen molar-refractivity contribution in [2.45, 2.75) is 11.3 Å². The molecule has 0 amide bonds. The third-order valence-electron chi connectivity index (χ3n) is 2.68. The first-order chi connectivity index (χ1) is 9.92. The van der Waals surface area contributed by atoms with Crippen molar-refractivity contribution in [2.75, 3.05) is 19.4 Å². The van der Waals surface area contributed by atoms with Crippen molar-refractivity contribution >= 4 is 38.1 Å². The van der Waals surface area contributed by atoms with Crippen LogP contribution in [0.2, 0.25) is 5.02 Å². The molecule has 0 aliphatic carbocycles. The van der Waals surface area contributed by atoms with E-state index in [-0.39, 0.29) is 16.5 Å². The third kappa shape index (κ3) is 4.07. The van der Waals surface area contributed by atoms with Gasteiger partial charge in [-0.1, -0.05) is 11.6 Å². The maximum Gasteiger partial charge on any atom is 0.240 e. The van der Waals surface area contributed by atoms with Crippen molar-refractivity contribution in [2.24, 2.45) is 0 Å². The Morgan fingerprint density at radius 3 is 2.81 bits per heavy atom. The Morgan fingerprint density at radius 1 is 1.48 bits per heavy atom. The third-order valence-corrected chi connectivity index (χ3v) is 5.15. The number of rotatable bonds is 6. The van der Waals surface area contributed by atoms with Gasteiger partial charge in [0.05, 0.1) is 22.7 Å². The number of ether oxygens (including phenoxy) is 1. The molecule has 0 spiro atoms. The van der Waals surface area contributed by atoms with Crippen molar-refractivity contribution in [1.82, 2.24) is 9.71 Å². The maximum absolute atomic E-state index is 12.1. The molecule has 1 aromatic heterocycles. The number of methoxy groups -OCH3 is 1. The quantitative estimate of drug-likeness (QED) is 0.832. The molecule has 1 heterocycles. The fourth-order valence-corrected chi connectivity index (χ4v) is 3.63. The van der Waals surface area contributed by atoms with Crippen molar-refractivity contribution in [3.63, 3.8) is 0 Å². The monoisotopic (exact) mass is 347 g/mol. The summed E-state index contributed by atoms with van der Waals surface area (Å²) in [6.45, 7) is 0.231. The minimum Gasteiger partial charge on any atom is -0.495 e. The van der Waals surface area contributed by atoms with E-state index in [2.05, 4.69) is 9.71 Å². The topological polar surface area (TPSA) is 94.3 Å². The van der Waals surface area contributed by atoms with E-state index in [1.165, 1.54) is 36.6 Å². The highest BCUT2D eigenvalue weighted by atomic mass is 35.5. The summed E-state index contributed by atoms with van der Waals surface area (Å²) in [6.07, 6.45) is 0.469. The number of hydrogen-bond acceptors (Lipinski definition) is 6. The predicted molar refractivity (Wildman–Crippen MR) is 83.4 cm³/mol. The van der Waals surface area contributed by atoms with Gasteiger partial charge in [0.25, 0.3) is 0 Å². The van der Waals surface area contributed by atoms with Gasteiger partial charge in [0.15, 0.2) is 5.13 Å². The predicted octanol–water partition coefficient (Wildman–Crippen LogP) is 1.91. The number of nitrogens with one attached hydrogen (secondary N) is 1. The van der Waals surface area contributed by atoms with Crippen LogP contribution in [0.5, 0.6) is 5.75 Å². The number of sulfonamides is 1. The standard InChI is InChI=1S/C12H14ClN3O3S2/c1-19-11-3-2-9(6-10(11)13)21(17,18)15-5-4-8-7-20-12(14)16-8/h2-3,6-7,15H,4-5H2,1H3,(H2,14,16). The molecule has 3 N–H and O–H groups in total. The lowest BCUT2D eigenvalue weighted by atomic mass is 10.3. The lowest BCUT2D eigenvalue weighted by Gasteiger charge is -2.08. The summed E-state index contributed by atoms with van der Waals surface area (Å²) in [6, 6.07) is 4.30. The van der Waals surface area contributed by atoms with Crippen LogP contribution in [0, 0.1) is 0 Å². The molecule has 0 unspecified atom stereocenters. The fraction of sp³-hybridized carbons (Fsp3) is 0.250. The number of thiazole rings is 1. The van der Waals surface area contributed by atoms with E-state index in [4.69, 9.17) is 22.1 Å². The summed E-state index contributed by atoms with van der Waals surface area (Å²) >= 11 is 7.25. The van der Waals surface area contributed by atoms with Crippen LogP contribution in [0.3, 0.4) is 0 Å². The molecule has 2 aromatic rings. The van der Waals surface area contributed by atoms with Gasteiger partial charge in [0.1, 0.15) is 5.75 Å². The van der Waals surface area contributed by atoms with Gasteiger partial charge >= 0.3 is 0 Å². The first kappa shape index (κ1) is 16.0. The highest BCUT2D eigenvalue weighted by molar-refractivity contribution is 7.89. The zero-order valence-corrected chi connectivity index (χ0v) is 13.6. The molecule has 2 rings (SSSR count). The second-order valence-corrected chi connectivity index (χ2v) is 7.19. The van der Waals surface area contributed by atoms with E-state index in [9.17, 15) is 8.42 Å². The fourth-order valence-electron chi connectivity index (χ4n) is 1.65. The van der Waals surface area contributed by atoms with E-state index in [1.807, 2.05) is 0 Å². The number of benzene rings is 1. The van der Waals surface area contributed by atoms with Gasteiger partial charge < -0.3 is 10.5 Å². The number of aromatic nitrogens is 1. The summed E-state index contributed by atoms with van der Waals surface area (Å²) < 4.78 is 31.7. The van der Waals surface area contributed by atoms with Gasteiger partial charge in [-0.2, -0.15) is 0 Å². The molecule has 9 heteroatoms. The van der Waals surface area contributed by atoms with Crippen LogP contribution in [0.25, 0.3) is 0 Å². The van der Waals surface area contributed by atoms with Crippen molar-refractivity contribution in [3.8, 4) is 5.75 Å². The average Bonchev–Trinajstić information content (AvgIpc) is 2.84. The largest absolute Gasteiger partial charge is 0.495 e. The zero-order chi connectivity index (χ0) is 15.5. The number of hydrogen-bond donors (Lipinski definition) is 2. The number of anilines is 1. The minimum absolute atomic E-state index is 0.0890. The van der Waals surface area contributed by atoms with Gasteiger partial charge in [-0.3, -0.25) is 0 Å². The van der Waals surface area contributed by atoms with E-state index >= 15 is 0 Å². The van der Waals surface area contributed by atoms with Crippen LogP contribution in [-0.2, 0) is 16.4 Å². The van der Waals surface area contributed by atoms with Crippen LogP contribution < -0.4 is 15.2 Å². The minimum atomic E-state index is -3.62. The summed E-state index contributed by atoms with van der Waals surface area (Å²) in [5.41, 5.74) is 6.27. The van der Waals surface area contributed by atoms with E-state index < -0.39 is 10.0 Å². The Morgan fingerprint density at radius 2 is 2.24 bits per heavy atom. The van der Waals surface area contributed by atoms with Crippen LogP contribution in [0.1, 0.15) is 5.69 Å². The zero-order valence-electron chi connectivity index (χ0n) is 11.2. The molecule has 6 nitrogen and oxygen atoms in total. The molecule has 0 radical (unpaired) electrons. The number of nitrogen functional groups attached to an aromatic ring is 1. The van der Waals surface area contributed by atoms with Crippen molar-refractivity contribution in [3.05, 3.63) is 34.3 Å². The second-order valence-electron chi connectivity index (χ2n) is 4.12. The highest BCUT2D eigenvalue weighted by Crippen LogP contribution is 2.26. The molecule has 0 bridgehead atoms. The lowest BCUT2D eigenvalue weighted by Crippen LogP contribution is -2.26. The van der Waals surface area contributed by atoms with Gasteiger partial charge in [-0.05, 0) is 18.2 Å². The molecule has 0 saturated heterocycles. The van der Waals surface area contributed by atoms with Gasteiger partial charge in [0.2, 0.25) is 10.0 Å². The van der Waals surface area contributed by atoms with Crippen LogP contribution >= 0.6 is 22.9 Å². The van der Waals surface area contributed by atoms with Gasteiger partial charge in [-0.15, -0.1) is 11.3 Å². The normalized spacial score (nSPS) is 11.5. The summed E-state index contributed by atoms with van der Waals surface area (Å²) in [7, 11) is -2.15. The Kier molecular flexibility index (Phi) is 5.04. The maximum atomic E-state index is 12.1.